The third-order valence-electron chi connectivity index (χ3n) is 2.33. The van der Waals surface area contributed by atoms with E-state index in [1.807, 2.05) is 6.92 Å². The van der Waals surface area contributed by atoms with Gasteiger partial charge >= 0.3 is 0 Å². The van der Waals surface area contributed by atoms with E-state index in [1.165, 1.54) is 6.07 Å². The molecule has 4 heteroatoms. The summed E-state index contributed by atoms with van der Waals surface area (Å²) in [7, 11) is 0. The Kier molecular flexibility index (Phi) is 4.04. The van der Waals surface area contributed by atoms with E-state index in [4.69, 9.17) is 14.9 Å². The monoisotopic (exact) mass is 236 g/mol. The smallest absolute Gasteiger partial charge is 0.273 e. The van der Waals surface area contributed by atoms with E-state index in [1.54, 1.807) is 13.0 Å². The second kappa shape index (κ2) is 5.30. The van der Waals surface area contributed by atoms with Crippen LogP contribution in [0, 0.1) is 6.92 Å². The zero-order valence-electron chi connectivity index (χ0n) is 9.90. The number of ether oxygens (including phenoxy) is 1. The van der Waals surface area contributed by atoms with Gasteiger partial charge in [-0.1, -0.05) is 12.2 Å². The van der Waals surface area contributed by atoms with Crippen molar-refractivity contribution < 1.29 is 20.1 Å². The summed E-state index contributed by atoms with van der Waals surface area (Å²) in [5, 5.41) is 26.8. The second-order valence-electron chi connectivity index (χ2n) is 3.77. The van der Waals surface area contributed by atoms with Crippen molar-refractivity contribution in [3.63, 3.8) is 0 Å². The lowest BCUT2D eigenvalue weighted by Crippen LogP contribution is -1.97. The lowest BCUT2D eigenvalue weighted by Gasteiger charge is -2.11. The molecule has 0 aliphatic carbocycles. The molecule has 17 heavy (non-hydrogen) atoms. The van der Waals surface area contributed by atoms with Gasteiger partial charge in [-0.2, -0.15) is 0 Å². The number of benzene rings is 1. The van der Waals surface area contributed by atoms with Gasteiger partial charge in [0.15, 0.2) is 0 Å². The number of allylic oxidation sites excluding steroid dienone is 1. The van der Waals surface area contributed by atoms with E-state index < -0.39 is 5.95 Å². The van der Waals surface area contributed by atoms with E-state index in [0.29, 0.717) is 5.75 Å². The van der Waals surface area contributed by atoms with Gasteiger partial charge in [0.2, 0.25) is 0 Å². The average molecular weight is 236 g/mol. The van der Waals surface area contributed by atoms with Crippen molar-refractivity contribution in [2.24, 2.45) is 0 Å². The van der Waals surface area contributed by atoms with Gasteiger partial charge in [0.25, 0.3) is 5.95 Å². The summed E-state index contributed by atoms with van der Waals surface area (Å²) in [5.74, 6) is -0.220. The molecule has 92 valence electrons. The Hall–Kier alpha value is -2.10. The first-order valence-corrected chi connectivity index (χ1v) is 5.12. The predicted molar refractivity (Wildman–Crippen MR) is 66.4 cm³/mol. The molecule has 3 N–H and O–H groups in total. The van der Waals surface area contributed by atoms with Crippen molar-refractivity contribution in [3.05, 3.63) is 41.9 Å². The standard InChI is InChI=1S/C13H16O4/c1-8(2)11-6-10(7-12(14)9(11)3)17-5-4-13(15)16/h4,6-7,14-16H,1,5H2,2-3H3. The van der Waals surface area contributed by atoms with Crippen LogP contribution in [0.15, 0.2) is 30.7 Å². The average Bonchev–Trinajstić information content (AvgIpc) is 2.22. The molecule has 0 fully saturated rings. The Balaban J connectivity index is 2.95. The van der Waals surface area contributed by atoms with Gasteiger partial charge in [0.05, 0.1) is 0 Å². The highest BCUT2D eigenvalue weighted by atomic mass is 16.5. The summed E-state index contributed by atoms with van der Waals surface area (Å²) in [6.07, 6.45) is 1.11. The van der Waals surface area contributed by atoms with Crippen LogP contribution in [-0.4, -0.2) is 21.9 Å². The highest BCUT2D eigenvalue weighted by molar-refractivity contribution is 5.68. The Morgan fingerprint density at radius 2 is 2.06 bits per heavy atom. The highest BCUT2D eigenvalue weighted by Crippen LogP contribution is 2.30. The van der Waals surface area contributed by atoms with Crippen LogP contribution < -0.4 is 4.74 Å². The van der Waals surface area contributed by atoms with Gasteiger partial charge < -0.3 is 20.1 Å². The summed E-state index contributed by atoms with van der Waals surface area (Å²) < 4.78 is 5.25. The third-order valence-corrected chi connectivity index (χ3v) is 2.33. The topological polar surface area (TPSA) is 69.9 Å². The minimum atomic E-state index is -0.790. The van der Waals surface area contributed by atoms with Crippen molar-refractivity contribution in [2.45, 2.75) is 13.8 Å². The fraction of sp³-hybridized carbons (Fsp3) is 0.231. The van der Waals surface area contributed by atoms with Crippen molar-refractivity contribution in [1.29, 1.82) is 0 Å². The number of rotatable bonds is 4. The van der Waals surface area contributed by atoms with Crippen LogP contribution in [0.3, 0.4) is 0 Å². The van der Waals surface area contributed by atoms with Crippen LogP contribution >= 0.6 is 0 Å². The summed E-state index contributed by atoms with van der Waals surface area (Å²) in [4.78, 5) is 0. The van der Waals surface area contributed by atoms with Crippen LogP contribution in [0.4, 0.5) is 0 Å². The van der Waals surface area contributed by atoms with Crippen LogP contribution in [0.1, 0.15) is 18.1 Å². The molecule has 1 aromatic carbocycles. The van der Waals surface area contributed by atoms with Gasteiger partial charge in [0, 0.05) is 12.1 Å². The number of phenols is 1. The minimum absolute atomic E-state index is 0.0143. The van der Waals surface area contributed by atoms with Crippen LogP contribution in [-0.2, 0) is 0 Å². The molecule has 0 heterocycles. The van der Waals surface area contributed by atoms with Crippen LogP contribution in [0.2, 0.25) is 0 Å². The first-order chi connectivity index (χ1) is 7.91. The Morgan fingerprint density at radius 1 is 1.41 bits per heavy atom. The molecule has 0 aliphatic rings. The lowest BCUT2D eigenvalue weighted by molar-refractivity contribution is 0.185. The Bertz CT molecular complexity index is 457. The molecule has 1 rings (SSSR count). The molecular weight excluding hydrogens is 220 g/mol. The SMILES string of the molecule is C=C(C)c1cc(OCC=C(O)O)cc(O)c1C. The number of aliphatic hydroxyl groups is 2. The first kappa shape index (κ1) is 13.0. The van der Waals surface area contributed by atoms with E-state index in [-0.39, 0.29) is 12.4 Å². The van der Waals surface area contributed by atoms with Crippen molar-refractivity contribution in [3.8, 4) is 11.5 Å². The van der Waals surface area contributed by atoms with Crippen molar-refractivity contribution in [2.75, 3.05) is 6.61 Å². The minimum Gasteiger partial charge on any atom is -0.508 e. The van der Waals surface area contributed by atoms with Crippen molar-refractivity contribution in [1.82, 2.24) is 0 Å². The molecule has 0 amide bonds. The molecule has 0 spiro atoms. The second-order valence-corrected chi connectivity index (χ2v) is 3.77. The quantitative estimate of drug-likeness (QED) is 0.703. The number of aromatic hydroxyl groups is 1. The largest absolute Gasteiger partial charge is 0.508 e. The Labute approximate surface area is 100 Å². The maximum absolute atomic E-state index is 9.70. The maximum atomic E-state index is 9.70. The molecule has 0 aromatic heterocycles. The summed E-state index contributed by atoms with van der Waals surface area (Å²) in [5.41, 5.74) is 2.38. The molecule has 1 aromatic rings. The van der Waals surface area contributed by atoms with E-state index in [0.717, 1.165) is 22.8 Å². The lowest BCUT2D eigenvalue weighted by atomic mass is 10.0. The Morgan fingerprint density at radius 3 is 2.59 bits per heavy atom. The summed E-state index contributed by atoms with van der Waals surface area (Å²) >= 11 is 0. The zero-order valence-corrected chi connectivity index (χ0v) is 9.90. The maximum Gasteiger partial charge on any atom is 0.273 e. The van der Waals surface area contributed by atoms with Gasteiger partial charge in [-0.05, 0) is 31.0 Å². The summed E-state index contributed by atoms with van der Waals surface area (Å²) in [6, 6.07) is 3.23. The molecule has 0 radical (unpaired) electrons. The highest BCUT2D eigenvalue weighted by Gasteiger charge is 2.07. The van der Waals surface area contributed by atoms with Crippen LogP contribution in [0.25, 0.3) is 5.57 Å². The number of hydrogen-bond acceptors (Lipinski definition) is 4. The molecule has 0 bridgehead atoms. The third kappa shape index (κ3) is 3.45. The van der Waals surface area contributed by atoms with Crippen LogP contribution in [0.5, 0.6) is 11.5 Å². The number of hydrogen-bond donors (Lipinski definition) is 3. The fourth-order valence-corrected chi connectivity index (χ4v) is 1.41. The normalized spacial score (nSPS) is 9.76. The molecule has 0 saturated heterocycles. The predicted octanol–water partition coefficient (Wildman–Crippen LogP) is 3.07. The molecule has 0 saturated carbocycles. The van der Waals surface area contributed by atoms with Gasteiger partial charge in [0.1, 0.15) is 18.1 Å². The summed E-state index contributed by atoms with van der Waals surface area (Å²) in [6.45, 7) is 7.47. The van der Waals surface area contributed by atoms with E-state index >= 15 is 0 Å². The van der Waals surface area contributed by atoms with Crippen molar-refractivity contribution >= 4 is 5.57 Å². The van der Waals surface area contributed by atoms with Gasteiger partial charge in [-0.25, -0.2) is 0 Å². The molecule has 0 atom stereocenters. The molecular formula is C13H16O4. The molecule has 4 nitrogen and oxygen atoms in total. The van der Waals surface area contributed by atoms with Gasteiger partial charge in [-0.3, -0.25) is 0 Å². The van der Waals surface area contributed by atoms with E-state index in [2.05, 4.69) is 6.58 Å². The number of aliphatic hydroxyl groups excluding tert-OH is 1. The number of phenolic OH excluding ortho intramolecular Hbond substituents is 1. The van der Waals surface area contributed by atoms with E-state index in [9.17, 15) is 5.11 Å². The molecule has 0 aliphatic heterocycles. The first-order valence-electron chi connectivity index (χ1n) is 5.12. The fourth-order valence-electron chi connectivity index (χ4n) is 1.41. The zero-order chi connectivity index (χ0) is 13.0. The van der Waals surface area contributed by atoms with Gasteiger partial charge in [-0.15, -0.1) is 0 Å². The molecule has 0 unspecified atom stereocenters.